The predicted octanol–water partition coefficient (Wildman–Crippen LogP) is 3.60. The summed E-state index contributed by atoms with van der Waals surface area (Å²) >= 11 is 3.25. The number of benzene rings is 1. The topological polar surface area (TPSA) is 34.1 Å². The van der Waals surface area contributed by atoms with Crippen molar-refractivity contribution in [2.75, 3.05) is 12.4 Å². The van der Waals surface area contributed by atoms with Crippen LogP contribution in [0.3, 0.4) is 0 Å². The van der Waals surface area contributed by atoms with Crippen molar-refractivity contribution in [2.24, 2.45) is 0 Å². The van der Waals surface area contributed by atoms with E-state index in [2.05, 4.69) is 26.2 Å². The van der Waals surface area contributed by atoms with Crippen molar-refractivity contribution in [1.29, 1.82) is 0 Å². The molecule has 0 aliphatic heterocycles. The first-order valence-electron chi connectivity index (χ1n) is 5.39. The molecule has 0 bridgehead atoms. The molecule has 1 heterocycles. The number of ether oxygens (including phenoxy) is 1. The number of nitrogens with zero attached hydrogens (tertiary/aromatic N) is 1. The smallest absolute Gasteiger partial charge is 0.134 e. The van der Waals surface area contributed by atoms with Crippen LogP contribution < -0.4 is 10.1 Å². The fourth-order valence-corrected chi connectivity index (χ4v) is 1.88. The van der Waals surface area contributed by atoms with E-state index in [1.54, 1.807) is 12.3 Å². The van der Waals surface area contributed by atoms with Gasteiger partial charge in [-0.1, -0.05) is 6.07 Å². The highest BCUT2D eigenvalue weighted by Crippen LogP contribution is 2.26. The van der Waals surface area contributed by atoms with Crippen molar-refractivity contribution in [3.05, 3.63) is 52.4 Å². The number of hydrogen-bond acceptors (Lipinski definition) is 3. The highest BCUT2D eigenvalue weighted by Gasteiger charge is 2.03. The van der Waals surface area contributed by atoms with Gasteiger partial charge in [0.15, 0.2) is 0 Å². The molecule has 0 saturated heterocycles. The number of nitrogens with one attached hydrogen (secondary N) is 1. The molecule has 1 aromatic heterocycles. The van der Waals surface area contributed by atoms with Gasteiger partial charge in [0, 0.05) is 18.8 Å². The number of aromatic nitrogens is 1. The van der Waals surface area contributed by atoms with Crippen LogP contribution in [0.1, 0.15) is 5.56 Å². The van der Waals surface area contributed by atoms with Gasteiger partial charge in [0.25, 0.3) is 0 Å². The minimum Gasteiger partial charge on any atom is -0.488 e. The number of pyridine rings is 1. The molecule has 0 amide bonds. The molecule has 0 radical (unpaired) electrons. The Balaban J connectivity index is 2.02. The number of halogens is 2. The summed E-state index contributed by atoms with van der Waals surface area (Å²) < 4.78 is 19.1. The van der Waals surface area contributed by atoms with E-state index in [0.29, 0.717) is 16.8 Å². The maximum absolute atomic E-state index is 12.9. The average molecular weight is 311 g/mol. The average Bonchev–Trinajstić information content (AvgIpc) is 2.38. The van der Waals surface area contributed by atoms with Gasteiger partial charge in [0.2, 0.25) is 0 Å². The van der Waals surface area contributed by atoms with Crippen LogP contribution in [0.5, 0.6) is 5.75 Å². The Labute approximate surface area is 113 Å². The Bertz CT molecular complexity index is 531. The van der Waals surface area contributed by atoms with Crippen molar-refractivity contribution in [3.8, 4) is 5.75 Å². The fourth-order valence-electron chi connectivity index (χ4n) is 1.41. The van der Waals surface area contributed by atoms with Crippen molar-refractivity contribution < 1.29 is 9.13 Å². The minimum absolute atomic E-state index is 0.297. The molecule has 0 fully saturated rings. The molecule has 0 unspecified atom stereocenters. The predicted molar refractivity (Wildman–Crippen MR) is 72.2 cm³/mol. The quantitative estimate of drug-likeness (QED) is 0.937. The summed E-state index contributed by atoms with van der Waals surface area (Å²) in [4.78, 5) is 4.18. The molecule has 94 valence electrons. The number of rotatable bonds is 4. The SMILES string of the molecule is CNc1ccc(COc2ccc(F)cc2Br)cn1. The zero-order chi connectivity index (χ0) is 13.0. The van der Waals surface area contributed by atoms with Crippen LogP contribution in [0.2, 0.25) is 0 Å². The molecular weight excluding hydrogens is 299 g/mol. The molecule has 18 heavy (non-hydrogen) atoms. The summed E-state index contributed by atoms with van der Waals surface area (Å²) in [7, 11) is 1.81. The standard InChI is InChI=1S/C13H12BrFN2O/c1-16-13-5-2-9(7-17-13)8-18-12-4-3-10(15)6-11(12)14/h2-7H,8H2,1H3,(H,16,17). The summed E-state index contributed by atoms with van der Waals surface area (Å²) in [6, 6.07) is 8.13. The van der Waals surface area contributed by atoms with Crippen LogP contribution >= 0.6 is 15.9 Å². The third-order valence-corrected chi connectivity index (χ3v) is 2.99. The molecule has 3 nitrogen and oxygen atoms in total. The first-order chi connectivity index (χ1) is 8.69. The van der Waals surface area contributed by atoms with Crippen LogP contribution in [-0.2, 0) is 6.61 Å². The number of anilines is 1. The molecule has 0 spiro atoms. The maximum Gasteiger partial charge on any atom is 0.134 e. The third kappa shape index (κ3) is 3.20. The van der Waals surface area contributed by atoms with E-state index in [0.717, 1.165) is 11.4 Å². The van der Waals surface area contributed by atoms with E-state index in [1.165, 1.54) is 12.1 Å². The van der Waals surface area contributed by atoms with Gasteiger partial charge in [0.05, 0.1) is 4.47 Å². The second kappa shape index (κ2) is 5.82. The number of hydrogen-bond donors (Lipinski definition) is 1. The Morgan fingerprint density at radius 1 is 1.33 bits per heavy atom. The van der Waals surface area contributed by atoms with Crippen molar-refractivity contribution in [2.45, 2.75) is 6.61 Å². The Kier molecular flexibility index (Phi) is 4.15. The van der Waals surface area contributed by atoms with Gasteiger partial charge in [-0.05, 0) is 40.2 Å². The van der Waals surface area contributed by atoms with E-state index >= 15 is 0 Å². The normalized spacial score (nSPS) is 10.2. The van der Waals surface area contributed by atoms with Gasteiger partial charge in [-0.15, -0.1) is 0 Å². The molecule has 2 rings (SSSR count). The summed E-state index contributed by atoms with van der Waals surface area (Å²) in [6.45, 7) is 0.390. The van der Waals surface area contributed by atoms with Gasteiger partial charge >= 0.3 is 0 Å². The molecule has 0 aliphatic rings. The summed E-state index contributed by atoms with van der Waals surface area (Å²) in [5, 5.41) is 2.94. The zero-order valence-electron chi connectivity index (χ0n) is 9.78. The van der Waals surface area contributed by atoms with Crippen LogP contribution in [0.25, 0.3) is 0 Å². The summed E-state index contributed by atoms with van der Waals surface area (Å²) in [5.41, 5.74) is 0.949. The highest BCUT2D eigenvalue weighted by molar-refractivity contribution is 9.10. The molecular formula is C13H12BrFN2O. The van der Waals surface area contributed by atoms with Crippen LogP contribution in [-0.4, -0.2) is 12.0 Å². The van der Waals surface area contributed by atoms with Gasteiger partial charge in [-0.2, -0.15) is 0 Å². The van der Waals surface area contributed by atoms with Gasteiger partial charge in [-0.25, -0.2) is 9.37 Å². The molecule has 0 aliphatic carbocycles. The summed E-state index contributed by atoms with van der Waals surface area (Å²) in [6.07, 6.45) is 1.74. The Hall–Kier alpha value is -1.62. The first kappa shape index (κ1) is 12.8. The van der Waals surface area contributed by atoms with E-state index in [4.69, 9.17) is 4.74 Å². The van der Waals surface area contributed by atoms with E-state index in [9.17, 15) is 4.39 Å². The zero-order valence-corrected chi connectivity index (χ0v) is 11.4. The lowest BCUT2D eigenvalue weighted by Gasteiger charge is -2.08. The van der Waals surface area contributed by atoms with Crippen LogP contribution in [0.15, 0.2) is 41.0 Å². The Morgan fingerprint density at radius 2 is 2.17 bits per heavy atom. The minimum atomic E-state index is -0.297. The molecule has 1 aromatic carbocycles. The van der Waals surface area contributed by atoms with Crippen molar-refractivity contribution >= 4 is 21.7 Å². The largest absolute Gasteiger partial charge is 0.488 e. The monoisotopic (exact) mass is 310 g/mol. The lowest BCUT2D eigenvalue weighted by atomic mass is 10.3. The van der Waals surface area contributed by atoms with Crippen LogP contribution in [0, 0.1) is 5.82 Å². The van der Waals surface area contributed by atoms with E-state index in [1.807, 2.05) is 19.2 Å². The Morgan fingerprint density at radius 3 is 2.78 bits per heavy atom. The highest BCUT2D eigenvalue weighted by atomic mass is 79.9. The maximum atomic E-state index is 12.9. The second-order valence-corrected chi connectivity index (χ2v) is 4.52. The lowest BCUT2D eigenvalue weighted by molar-refractivity contribution is 0.303. The van der Waals surface area contributed by atoms with Gasteiger partial charge < -0.3 is 10.1 Å². The second-order valence-electron chi connectivity index (χ2n) is 3.67. The molecule has 0 saturated carbocycles. The lowest BCUT2D eigenvalue weighted by Crippen LogP contribution is -1.98. The van der Waals surface area contributed by atoms with Crippen molar-refractivity contribution in [1.82, 2.24) is 4.98 Å². The van der Waals surface area contributed by atoms with E-state index < -0.39 is 0 Å². The molecule has 0 atom stereocenters. The molecule has 5 heteroatoms. The first-order valence-corrected chi connectivity index (χ1v) is 6.19. The van der Waals surface area contributed by atoms with Crippen molar-refractivity contribution in [3.63, 3.8) is 0 Å². The van der Waals surface area contributed by atoms with Gasteiger partial charge in [-0.3, -0.25) is 0 Å². The fraction of sp³-hybridized carbons (Fsp3) is 0.154. The van der Waals surface area contributed by atoms with Crippen LogP contribution in [0.4, 0.5) is 10.2 Å². The molecule has 1 N–H and O–H groups in total. The van der Waals surface area contributed by atoms with Gasteiger partial charge in [0.1, 0.15) is 24.0 Å². The van der Waals surface area contributed by atoms with E-state index in [-0.39, 0.29) is 5.82 Å². The summed E-state index contributed by atoms with van der Waals surface area (Å²) in [5.74, 6) is 1.12. The molecule has 2 aromatic rings. The third-order valence-electron chi connectivity index (χ3n) is 2.37.